The third kappa shape index (κ3) is 8.43. The smallest absolute Gasteiger partial charge is 0.410 e. The second kappa shape index (κ2) is 13.6. The Hall–Kier alpha value is -3.64. The number of methoxy groups -OCH3 is 1. The summed E-state index contributed by atoms with van der Waals surface area (Å²) in [6, 6.07) is 23.0. The zero-order valence-electron chi connectivity index (χ0n) is 24.8. The fourth-order valence-corrected chi connectivity index (χ4v) is 4.69. The molecule has 0 aliphatic carbocycles. The number of rotatable bonds is 10. The van der Waals surface area contributed by atoms with Crippen molar-refractivity contribution in [2.24, 2.45) is 5.92 Å². The number of carbonyl (C=O) groups is 2. The largest absolute Gasteiger partial charge is 0.465 e. The molecule has 3 aromatic rings. The molecule has 0 bridgehead atoms. The molecular formula is C34H43NO5. The summed E-state index contributed by atoms with van der Waals surface area (Å²) in [4.78, 5) is 27.0. The monoisotopic (exact) mass is 545 g/mol. The molecule has 40 heavy (non-hydrogen) atoms. The highest BCUT2D eigenvalue weighted by atomic mass is 16.6. The number of benzene rings is 3. The van der Waals surface area contributed by atoms with E-state index in [4.69, 9.17) is 9.47 Å². The standard InChI is InChI=1S/C34H43NO5/c1-23(2)21-29-22-28(17-18-30(29)32(37)39-7)26-15-13-25(14-16-26)19-20-35(33(38)40-34(4,5)6)24(3)31(36)27-11-9-8-10-12-27/h8-18,22-24,31,36H,19-21H2,1-7H3/t24-,31-/m0/s1. The van der Waals surface area contributed by atoms with Gasteiger partial charge in [-0.1, -0.05) is 80.6 Å². The highest BCUT2D eigenvalue weighted by molar-refractivity contribution is 5.92. The quantitative estimate of drug-likeness (QED) is 0.272. The van der Waals surface area contributed by atoms with Crippen molar-refractivity contribution in [2.75, 3.05) is 13.7 Å². The second-order valence-electron chi connectivity index (χ2n) is 11.7. The maximum Gasteiger partial charge on any atom is 0.410 e. The van der Waals surface area contributed by atoms with E-state index in [1.54, 1.807) is 4.90 Å². The van der Waals surface area contributed by atoms with Crippen LogP contribution in [0.3, 0.4) is 0 Å². The summed E-state index contributed by atoms with van der Waals surface area (Å²) in [5, 5.41) is 11.0. The normalized spacial score (nSPS) is 13.0. The fourth-order valence-electron chi connectivity index (χ4n) is 4.69. The Balaban J connectivity index is 1.79. The number of hydrogen-bond acceptors (Lipinski definition) is 5. The Bertz CT molecular complexity index is 1260. The van der Waals surface area contributed by atoms with E-state index in [1.165, 1.54) is 7.11 Å². The summed E-state index contributed by atoms with van der Waals surface area (Å²) in [7, 11) is 1.40. The van der Waals surface area contributed by atoms with Crippen LogP contribution in [0, 0.1) is 5.92 Å². The lowest BCUT2D eigenvalue weighted by Crippen LogP contribution is -2.45. The van der Waals surface area contributed by atoms with Gasteiger partial charge in [0.25, 0.3) is 0 Å². The van der Waals surface area contributed by atoms with E-state index >= 15 is 0 Å². The Morgan fingerprint density at radius 3 is 2.10 bits per heavy atom. The van der Waals surface area contributed by atoms with Crippen LogP contribution in [0.25, 0.3) is 11.1 Å². The minimum Gasteiger partial charge on any atom is -0.465 e. The van der Waals surface area contributed by atoms with Crippen LogP contribution in [0.2, 0.25) is 0 Å². The molecule has 0 saturated heterocycles. The van der Waals surface area contributed by atoms with Crippen LogP contribution in [0.15, 0.2) is 72.8 Å². The zero-order chi connectivity index (χ0) is 29.4. The van der Waals surface area contributed by atoms with Crippen LogP contribution in [0.1, 0.15) is 74.7 Å². The van der Waals surface area contributed by atoms with Crippen molar-refractivity contribution in [3.63, 3.8) is 0 Å². The Labute approximate surface area is 238 Å². The number of hydrogen-bond donors (Lipinski definition) is 1. The highest BCUT2D eigenvalue weighted by Gasteiger charge is 2.30. The van der Waals surface area contributed by atoms with E-state index in [0.29, 0.717) is 24.4 Å². The number of nitrogens with zero attached hydrogens (tertiary/aromatic N) is 1. The van der Waals surface area contributed by atoms with E-state index in [2.05, 4.69) is 44.2 Å². The first-order valence-corrected chi connectivity index (χ1v) is 13.9. The molecule has 0 spiro atoms. The number of aliphatic hydroxyl groups is 1. The molecule has 1 amide bonds. The summed E-state index contributed by atoms with van der Waals surface area (Å²) in [5.41, 5.74) is 4.82. The van der Waals surface area contributed by atoms with Crippen molar-refractivity contribution in [2.45, 2.75) is 72.1 Å². The minimum atomic E-state index is -0.843. The number of amides is 1. The van der Waals surface area contributed by atoms with E-state index < -0.39 is 23.8 Å². The zero-order valence-corrected chi connectivity index (χ0v) is 24.8. The SMILES string of the molecule is COC(=O)c1ccc(-c2ccc(CCN(C(=O)OC(C)(C)C)[C@@H](C)[C@H](O)c3ccccc3)cc2)cc1CC(C)C. The van der Waals surface area contributed by atoms with Crippen LogP contribution < -0.4 is 0 Å². The molecule has 214 valence electrons. The van der Waals surface area contributed by atoms with Gasteiger partial charge in [-0.2, -0.15) is 0 Å². The highest BCUT2D eigenvalue weighted by Crippen LogP contribution is 2.27. The second-order valence-corrected chi connectivity index (χ2v) is 11.7. The Morgan fingerprint density at radius 2 is 1.52 bits per heavy atom. The van der Waals surface area contributed by atoms with Gasteiger partial charge in [-0.05, 0) is 80.3 Å². The maximum absolute atomic E-state index is 13.2. The molecule has 2 atom stereocenters. The van der Waals surface area contributed by atoms with Crippen LogP contribution in [0.4, 0.5) is 4.79 Å². The number of aliphatic hydroxyl groups excluding tert-OH is 1. The molecule has 0 saturated carbocycles. The van der Waals surface area contributed by atoms with Crippen LogP contribution in [0.5, 0.6) is 0 Å². The van der Waals surface area contributed by atoms with Gasteiger partial charge >= 0.3 is 12.1 Å². The van der Waals surface area contributed by atoms with Crippen molar-refractivity contribution < 1.29 is 24.2 Å². The summed E-state index contributed by atoms with van der Waals surface area (Å²) in [6.07, 6.45) is 0.0915. The molecule has 0 unspecified atom stereocenters. The van der Waals surface area contributed by atoms with Gasteiger partial charge in [0.05, 0.1) is 24.8 Å². The lowest BCUT2D eigenvalue weighted by atomic mass is 9.93. The molecule has 0 heterocycles. The van der Waals surface area contributed by atoms with Crippen molar-refractivity contribution in [1.82, 2.24) is 4.90 Å². The van der Waals surface area contributed by atoms with E-state index in [-0.39, 0.29) is 5.97 Å². The number of carbonyl (C=O) groups excluding carboxylic acids is 2. The lowest BCUT2D eigenvalue weighted by molar-refractivity contribution is -0.00239. The summed E-state index contributed by atoms with van der Waals surface area (Å²) in [6.45, 7) is 12.0. The molecule has 0 aromatic heterocycles. The predicted molar refractivity (Wildman–Crippen MR) is 159 cm³/mol. The van der Waals surface area contributed by atoms with Gasteiger partial charge in [-0.25, -0.2) is 9.59 Å². The van der Waals surface area contributed by atoms with Gasteiger partial charge in [-0.3, -0.25) is 0 Å². The van der Waals surface area contributed by atoms with Crippen LogP contribution >= 0.6 is 0 Å². The van der Waals surface area contributed by atoms with Gasteiger partial charge < -0.3 is 19.5 Å². The maximum atomic E-state index is 13.2. The molecule has 6 nitrogen and oxygen atoms in total. The first kappa shape index (κ1) is 30.9. The first-order chi connectivity index (χ1) is 18.9. The van der Waals surface area contributed by atoms with E-state index in [9.17, 15) is 14.7 Å². The fraction of sp³-hybridized carbons (Fsp3) is 0.412. The first-order valence-electron chi connectivity index (χ1n) is 13.9. The topological polar surface area (TPSA) is 76.1 Å². The van der Waals surface area contributed by atoms with Crippen molar-refractivity contribution in [1.29, 1.82) is 0 Å². The van der Waals surface area contributed by atoms with Gasteiger partial charge in [0.15, 0.2) is 0 Å². The average molecular weight is 546 g/mol. The summed E-state index contributed by atoms with van der Waals surface area (Å²) >= 11 is 0. The van der Waals surface area contributed by atoms with E-state index in [0.717, 1.165) is 34.2 Å². The summed E-state index contributed by atoms with van der Waals surface area (Å²) < 4.78 is 10.7. The molecule has 3 rings (SSSR count). The molecule has 0 radical (unpaired) electrons. The van der Waals surface area contributed by atoms with Gasteiger partial charge in [0, 0.05) is 6.54 Å². The van der Waals surface area contributed by atoms with E-state index in [1.807, 2.05) is 70.2 Å². The molecule has 1 N–H and O–H groups in total. The van der Waals surface area contributed by atoms with Crippen molar-refractivity contribution in [3.8, 4) is 11.1 Å². The molecule has 0 aliphatic heterocycles. The molecule has 0 aliphatic rings. The van der Waals surface area contributed by atoms with Crippen LogP contribution in [-0.4, -0.2) is 47.4 Å². The number of esters is 1. The Kier molecular flexibility index (Phi) is 10.5. The lowest BCUT2D eigenvalue weighted by Gasteiger charge is -2.34. The van der Waals surface area contributed by atoms with Gasteiger partial charge in [0.2, 0.25) is 0 Å². The Morgan fingerprint density at radius 1 is 0.900 bits per heavy atom. The molecule has 0 fully saturated rings. The molecule has 6 heteroatoms. The average Bonchev–Trinajstić information content (AvgIpc) is 2.91. The molecular weight excluding hydrogens is 502 g/mol. The third-order valence-electron chi connectivity index (χ3n) is 6.79. The minimum absolute atomic E-state index is 0.321. The van der Waals surface area contributed by atoms with Crippen molar-refractivity contribution in [3.05, 3.63) is 95.1 Å². The third-order valence-corrected chi connectivity index (χ3v) is 6.79. The van der Waals surface area contributed by atoms with Gasteiger partial charge in [0.1, 0.15) is 5.60 Å². The predicted octanol–water partition coefficient (Wildman–Crippen LogP) is 7.24. The summed E-state index contributed by atoms with van der Waals surface area (Å²) in [5.74, 6) is 0.0791. The van der Waals surface area contributed by atoms with Crippen LogP contribution in [-0.2, 0) is 22.3 Å². The molecule has 3 aromatic carbocycles. The van der Waals surface area contributed by atoms with Crippen molar-refractivity contribution >= 4 is 12.1 Å². The van der Waals surface area contributed by atoms with Gasteiger partial charge in [-0.15, -0.1) is 0 Å². The number of ether oxygens (including phenoxy) is 2.